The van der Waals surface area contributed by atoms with Crippen molar-refractivity contribution in [3.8, 4) is 0 Å². The Labute approximate surface area is 183 Å². The number of thiazole rings is 1. The van der Waals surface area contributed by atoms with Gasteiger partial charge in [0.1, 0.15) is 6.04 Å². The molecule has 2 aromatic rings. The van der Waals surface area contributed by atoms with Crippen molar-refractivity contribution >= 4 is 61.7 Å². The van der Waals surface area contributed by atoms with E-state index in [1.54, 1.807) is 17.5 Å². The number of aliphatic imine (C=N–C) groups is 1. The molecular formula is C19H17BrIN3O2S. The standard InChI is InChI=1S/C19H17BrIN3O2S/c1-2-26-19(25)15-14-4-3-8-24(14)17(18-22-7-9-27-18)23-16(15)12-6-5-11(21)10-13(12)20/h5-7,9-10,16H,2-4,8H2,1H3/t16-/m0/s1. The predicted octanol–water partition coefficient (Wildman–Crippen LogP) is 4.92. The quantitative estimate of drug-likeness (QED) is 0.395. The topological polar surface area (TPSA) is 54.8 Å². The smallest absolute Gasteiger partial charge is 0.338 e. The zero-order valence-corrected chi connectivity index (χ0v) is 19.2. The van der Waals surface area contributed by atoms with Gasteiger partial charge in [0.05, 0.1) is 12.2 Å². The number of aromatic nitrogens is 1. The van der Waals surface area contributed by atoms with E-state index in [0.29, 0.717) is 12.2 Å². The monoisotopic (exact) mass is 557 g/mol. The number of esters is 1. The Bertz CT molecular complexity index is 942. The van der Waals surface area contributed by atoms with Crippen LogP contribution in [-0.4, -0.2) is 34.8 Å². The zero-order valence-electron chi connectivity index (χ0n) is 14.6. The van der Waals surface area contributed by atoms with Crippen LogP contribution in [0.1, 0.15) is 36.4 Å². The minimum Gasteiger partial charge on any atom is -0.463 e. The van der Waals surface area contributed by atoms with Gasteiger partial charge in [-0.2, -0.15) is 0 Å². The number of fused-ring (bicyclic) bond motifs is 1. The minimum atomic E-state index is -0.404. The van der Waals surface area contributed by atoms with Gasteiger partial charge >= 0.3 is 5.97 Å². The van der Waals surface area contributed by atoms with Crippen LogP contribution in [0.4, 0.5) is 0 Å². The Balaban J connectivity index is 1.89. The van der Waals surface area contributed by atoms with E-state index in [0.717, 1.165) is 49.5 Å². The Morgan fingerprint density at radius 1 is 1.48 bits per heavy atom. The number of carbonyl (C=O) groups excluding carboxylic acids is 1. The number of allylic oxidation sites excluding steroid dienone is 1. The lowest BCUT2D eigenvalue weighted by atomic mass is 9.95. The van der Waals surface area contributed by atoms with Crippen molar-refractivity contribution in [2.45, 2.75) is 25.8 Å². The predicted molar refractivity (Wildman–Crippen MR) is 118 cm³/mol. The molecule has 0 N–H and O–H groups in total. The van der Waals surface area contributed by atoms with Crippen LogP contribution in [-0.2, 0) is 9.53 Å². The molecule has 1 fully saturated rings. The summed E-state index contributed by atoms with van der Waals surface area (Å²) in [6.07, 6.45) is 3.62. The first-order valence-corrected chi connectivity index (χ1v) is 11.5. The van der Waals surface area contributed by atoms with Crippen molar-refractivity contribution in [2.75, 3.05) is 13.2 Å². The van der Waals surface area contributed by atoms with Crippen LogP contribution >= 0.6 is 49.9 Å². The molecule has 8 heteroatoms. The van der Waals surface area contributed by atoms with E-state index in [9.17, 15) is 4.79 Å². The molecule has 0 bridgehead atoms. The Kier molecular flexibility index (Phi) is 5.65. The maximum atomic E-state index is 12.9. The van der Waals surface area contributed by atoms with Gasteiger partial charge in [-0.3, -0.25) is 4.99 Å². The summed E-state index contributed by atoms with van der Waals surface area (Å²) in [5.41, 5.74) is 2.63. The van der Waals surface area contributed by atoms with Crippen LogP contribution in [0.25, 0.3) is 0 Å². The van der Waals surface area contributed by atoms with E-state index in [4.69, 9.17) is 9.73 Å². The third-order valence-corrected chi connectivity index (χ3v) is 6.72. The molecule has 1 saturated heterocycles. The number of ether oxygens (including phenoxy) is 1. The molecule has 1 atom stereocenters. The first kappa shape index (κ1) is 19.1. The fraction of sp³-hybridized carbons (Fsp3) is 0.316. The summed E-state index contributed by atoms with van der Waals surface area (Å²) in [5.74, 6) is 0.567. The molecule has 4 rings (SSSR count). The van der Waals surface area contributed by atoms with Gasteiger partial charge in [0.2, 0.25) is 0 Å². The summed E-state index contributed by atoms with van der Waals surface area (Å²) in [7, 11) is 0. The summed E-state index contributed by atoms with van der Waals surface area (Å²) in [5, 5.41) is 2.83. The molecule has 140 valence electrons. The highest BCUT2D eigenvalue weighted by atomic mass is 127. The summed E-state index contributed by atoms with van der Waals surface area (Å²) < 4.78 is 7.47. The van der Waals surface area contributed by atoms with Crippen LogP contribution in [0.3, 0.4) is 0 Å². The largest absolute Gasteiger partial charge is 0.463 e. The van der Waals surface area contributed by atoms with Gasteiger partial charge in [-0.25, -0.2) is 9.78 Å². The Hall–Kier alpha value is -1.26. The molecule has 5 nitrogen and oxygen atoms in total. The summed E-state index contributed by atoms with van der Waals surface area (Å²) >= 11 is 7.51. The summed E-state index contributed by atoms with van der Waals surface area (Å²) in [6.45, 7) is 3.02. The van der Waals surface area contributed by atoms with Crippen LogP contribution in [0.15, 0.2) is 50.5 Å². The number of halogens is 2. The molecular weight excluding hydrogens is 541 g/mol. The molecule has 0 saturated carbocycles. The number of rotatable bonds is 4. The lowest BCUT2D eigenvalue weighted by Gasteiger charge is -2.32. The zero-order chi connectivity index (χ0) is 19.0. The molecule has 3 heterocycles. The third kappa shape index (κ3) is 3.58. The average molecular weight is 558 g/mol. The lowest BCUT2D eigenvalue weighted by Crippen LogP contribution is -2.35. The van der Waals surface area contributed by atoms with Crippen molar-refractivity contribution in [3.63, 3.8) is 0 Å². The highest BCUT2D eigenvalue weighted by Crippen LogP contribution is 2.42. The molecule has 2 aliphatic heterocycles. The summed E-state index contributed by atoms with van der Waals surface area (Å²) in [4.78, 5) is 24.5. The van der Waals surface area contributed by atoms with E-state index in [1.165, 1.54) is 0 Å². The molecule has 1 aromatic heterocycles. The van der Waals surface area contributed by atoms with Gasteiger partial charge in [-0.05, 0) is 60.1 Å². The first-order valence-electron chi connectivity index (χ1n) is 8.70. The molecule has 0 spiro atoms. The maximum absolute atomic E-state index is 12.9. The third-order valence-electron chi connectivity index (χ3n) is 4.59. The molecule has 0 radical (unpaired) electrons. The van der Waals surface area contributed by atoms with E-state index in [1.807, 2.05) is 30.5 Å². The maximum Gasteiger partial charge on any atom is 0.338 e. The molecule has 0 unspecified atom stereocenters. The minimum absolute atomic E-state index is 0.281. The first-order chi connectivity index (χ1) is 13.1. The van der Waals surface area contributed by atoms with E-state index < -0.39 is 6.04 Å². The summed E-state index contributed by atoms with van der Waals surface area (Å²) in [6, 6.07) is 5.71. The number of nitrogens with zero attached hydrogens (tertiary/aromatic N) is 3. The van der Waals surface area contributed by atoms with Crippen molar-refractivity contribution in [2.24, 2.45) is 4.99 Å². The van der Waals surface area contributed by atoms with Crippen LogP contribution in [0.2, 0.25) is 0 Å². The SMILES string of the molecule is CCOC(=O)C1=C2CCCN2C(c2nccs2)=N[C@H]1c1ccc(I)cc1Br. The van der Waals surface area contributed by atoms with Crippen molar-refractivity contribution in [1.29, 1.82) is 0 Å². The van der Waals surface area contributed by atoms with Crippen LogP contribution in [0.5, 0.6) is 0 Å². The lowest BCUT2D eigenvalue weighted by molar-refractivity contribution is -0.139. The van der Waals surface area contributed by atoms with Crippen molar-refractivity contribution < 1.29 is 9.53 Å². The van der Waals surface area contributed by atoms with Crippen molar-refractivity contribution in [1.82, 2.24) is 9.88 Å². The molecule has 2 aliphatic rings. The van der Waals surface area contributed by atoms with Crippen molar-refractivity contribution in [3.05, 3.63) is 59.7 Å². The van der Waals surface area contributed by atoms with Gasteiger partial charge in [-0.1, -0.05) is 22.0 Å². The molecule has 1 aromatic carbocycles. The average Bonchev–Trinajstić information content (AvgIpc) is 3.32. The fourth-order valence-electron chi connectivity index (χ4n) is 3.49. The number of benzene rings is 1. The van der Waals surface area contributed by atoms with E-state index in [2.05, 4.69) is 48.4 Å². The second-order valence-electron chi connectivity index (χ2n) is 6.19. The van der Waals surface area contributed by atoms with Gasteiger partial charge < -0.3 is 9.64 Å². The van der Waals surface area contributed by atoms with Gasteiger partial charge in [0.25, 0.3) is 0 Å². The van der Waals surface area contributed by atoms with Gasteiger partial charge in [0, 0.05) is 31.9 Å². The number of carbonyl (C=O) groups is 1. The van der Waals surface area contributed by atoms with Crippen LogP contribution in [0, 0.1) is 3.57 Å². The van der Waals surface area contributed by atoms with Gasteiger partial charge in [0.15, 0.2) is 10.8 Å². The van der Waals surface area contributed by atoms with E-state index >= 15 is 0 Å². The molecule has 0 aliphatic carbocycles. The second kappa shape index (κ2) is 8.00. The Morgan fingerprint density at radius 3 is 3.04 bits per heavy atom. The molecule has 27 heavy (non-hydrogen) atoms. The normalized spacial score (nSPS) is 19.1. The van der Waals surface area contributed by atoms with Gasteiger partial charge in [-0.15, -0.1) is 11.3 Å². The Morgan fingerprint density at radius 2 is 2.33 bits per heavy atom. The number of hydrogen-bond donors (Lipinski definition) is 0. The fourth-order valence-corrected chi connectivity index (χ4v) is 5.65. The number of hydrogen-bond acceptors (Lipinski definition) is 6. The number of amidine groups is 1. The highest BCUT2D eigenvalue weighted by molar-refractivity contribution is 14.1. The van der Waals surface area contributed by atoms with E-state index in [-0.39, 0.29) is 5.97 Å². The van der Waals surface area contributed by atoms with Crippen LogP contribution < -0.4 is 0 Å². The molecule has 0 amide bonds. The highest BCUT2D eigenvalue weighted by Gasteiger charge is 2.39. The second-order valence-corrected chi connectivity index (χ2v) is 9.19.